The summed E-state index contributed by atoms with van der Waals surface area (Å²) in [6.07, 6.45) is -0.282. The highest BCUT2D eigenvalue weighted by molar-refractivity contribution is 7.89. The van der Waals surface area contributed by atoms with Crippen LogP contribution in [-0.2, 0) is 19.6 Å². The Kier molecular flexibility index (Phi) is 5.23. The van der Waals surface area contributed by atoms with E-state index < -0.39 is 22.0 Å². The number of benzene rings is 1. The van der Waals surface area contributed by atoms with Crippen LogP contribution in [0.3, 0.4) is 0 Å². The first-order valence-electron chi connectivity index (χ1n) is 5.65. The number of methoxy groups -OCH3 is 1. The first-order valence-corrected chi connectivity index (χ1v) is 7.09. The third kappa shape index (κ3) is 3.78. The molecule has 1 N–H and O–H groups in total. The van der Waals surface area contributed by atoms with Gasteiger partial charge in [0, 0.05) is 13.6 Å². The maximum Gasteiger partial charge on any atom is 0.337 e. The molecule has 0 atom stereocenters. The normalized spacial score (nSPS) is 11.3. The van der Waals surface area contributed by atoms with Crippen molar-refractivity contribution in [3.8, 4) is 0 Å². The molecule has 7 nitrogen and oxygen atoms in total. The first-order chi connectivity index (χ1) is 9.28. The zero-order valence-electron chi connectivity index (χ0n) is 11.1. The van der Waals surface area contributed by atoms with Gasteiger partial charge in [-0.1, -0.05) is 0 Å². The second-order valence-electron chi connectivity index (χ2n) is 3.99. The monoisotopic (exact) mass is 301 g/mol. The number of ether oxygens (including phenoxy) is 1. The summed E-state index contributed by atoms with van der Waals surface area (Å²) < 4.78 is 29.7. The van der Waals surface area contributed by atoms with Gasteiger partial charge in [0.2, 0.25) is 10.0 Å². The highest BCUT2D eigenvalue weighted by atomic mass is 32.2. The second-order valence-corrected chi connectivity index (χ2v) is 6.03. The van der Waals surface area contributed by atoms with E-state index in [1.165, 1.54) is 38.4 Å². The fraction of sp³-hybridized carbons (Fsp3) is 0.333. The summed E-state index contributed by atoms with van der Waals surface area (Å²) in [5.74, 6) is -1.64. The van der Waals surface area contributed by atoms with Crippen LogP contribution < -0.4 is 0 Å². The second kappa shape index (κ2) is 6.49. The van der Waals surface area contributed by atoms with Crippen LogP contribution in [0.4, 0.5) is 0 Å². The van der Waals surface area contributed by atoms with E-state index in [4.69, 9.17) is 5.11 Å². The van der Waals surface area contributed by atoms with Gasteiger partial charge < -0.3 is 9.84 Å². The predicted molar refractivity (Wildman–Crippen MR) is 69.9 cm³/mol. The van der Waals surface area contributed by atoms with Crippen LogP contribution in [0.2, 0.25) is 0 Å². The number of carboxylic acids is 1. The zero-order valence-corrected chi connectivity index (χ0v) is 11.9. The van der Waals surface area contributed by atoms with Crippen LogP contribution in [0.5, 0.6) is 0 Å². The smallest absolute Gasteiger partial charge is 0.337 e. The lowest BCUT2D eigenvalue weighted by molar-refractivity contribution is -0.137. The average Bonchev–Trinajstić information content (AvgIpc) is 2.43. The summed E-state index contributed by atoms with van der Waals surface area (Å²) in [7, 11) is -1.24. The topological polar surface area (TPSA) is 101 Å². The van der Waals surface area contributed by atoms with Crippen molar-refractivity contribution in [2.45, 2.75) is 11.3 Å². The van der Waals surface area contributed by atoms with Crippen LogP contribution in [0.25, 0.3) is 0 Å². The Labute approximate surface area is 116 Å². The van der Waals surface area contributed by atoms with Gasteiger partial charge in [0.05, 0.1) is 24.0 Å². The van der Waals surface area contributed by atoms with Gasteiger partial charge in [-0.05, 0) is 24.3 Å². The molecule has 0 saturated carbocycles. The van der Waals surface area contributed by atoms with E-state index in [1.807, 2.05) is 0 Å². The minimum absolute atomic E-state index is 0.0157. The standard InChI is InChI=1S/C12H15NO6S/c1-13(8-7-11(14)15)20(17,18)10-5-3-9(4-6-10)12(16)19-2/h3-6H,7-8H2,1-2H3,(H,14,15). The number of rotatable bonds is 6. The SMILES string of the molecule is COC(=O)c1ccc(S(=O)(=O)N(C)CCC(=O)O)cc1. The molecule has 0 heterocycles. The molecule has 0 aliphatic heterocycles. The fourth-order valence-electron chi connectivity index (χ4n) is 1.43. The molecule has 110 valence electrons. The molecule has 0 bridgehead atoms. The van der Waals surface area contributed by atoms with Crippen LogP contribution in [0, 0.1) is 0 Å². The molecule has 1 aromatic rings. The van der Waals surface area contributed by atoms with Crippen LogP contribution in [0.15, 0.2) is 29.2 Å². The minimum atomic E-state index is -3.77. The molecule has 0 fully saturated rings. The van der Waals surface area contributed by atoms with Gasteiger partial charge in [-0.3, -0.25) is 4.79 Å². The Morgan fingerprint density at radius 1 is 1.25 bits per heavy atom. The molecule has 0 radical (unpaired) electrons. The van der Waals surface area contributed by atoms with E-state index in [2.05, 4.69) is 4.74 Å². The molecule has 1 rings (SSSR count). The Morgan fingerprint density at radius 3 is 2.25 bits per heavy atom. The number of carbonyl (C=O) groups excluding carboxylic acids is 1. The van der Waals surface area contributed by atoms with Gasteiger partial charge in [-0.15, -0.1) is 0 Å². The summed E-state index contributed by atoms with van der Waals surface area (Å²) in [4.78, 5) is 21.7. The Balaban J connectivity index is 2.92. The summed E-state index contributed by atoms with van der Waals surface area (Å²) >= 11 is 0. The predicted octanol–water partition coefficient (Wildman–Crippen LogP) is 0.568. The molecule has 0 spiro atoms. The molecule has 0 unspecified atom stereocenters. The van der Waals surface area contributed by atoms with Crippen molar-refractivity contribution in [1.82, 2.24) is 4.31 Å². The van der Waals surface area contributed by atoms with Gasteiger partial charge in [0.25, 0.3) is 0 Å². The molecular formula is C12H15NO6S. The maximum atomic E-state index is 12.1. The van der Waals surface area contributed by atoms with Crippen molar-refractivity contribution in [2.24, 2.45) is 0 Å². The molecule has 1 aromatic carbocycles. The van der Waals surface area contributed by atoms with Crippen LogP contribution in [0.1, 0.15) is 16.8 Å². The van der Waals surface area contributed by atoms with E-state index in [0.29, 0.717) is 0 Å². The number of aliphatic carboxylic acids is 1. The lowest BCUT2D eigenvalue weighted by Gasteiger charge is -2.16. The molecule has 20 heavy (non-hydrogen) atoms. The van der Waals surface area contributed by atoms with Gasteiger partial charge >= 0.3 is 11.9 Å². The largest absolute Gasteiger partial charge is 0.481 e. The summed E-state index contributed by atoms with van der Waals surface area (Å²) in [6, 6.07) is 5.23. The number of sulfonamides is 1. The number of carbonyl (C=O) groups is 2. The number of esters is 1. The van der Waals surface area contributed by atoms with E-state index in [0.717, 1.165) is 4.31 Å². The van der Waals surface area contributed by atoms with E-state index in [1.54, 1.807) is 0 Å². The van der Waals surface area contributed by atoms with Crippen LogP contribution in [-0.4, -0.2) is 50.5 Å². The quantitative estimate of drug-likeness (QED) is 0.771. The minimum Gasteiger partial charge on any atom is -0.481 e. The summed E-state index contributed by atoms with van der Waals surface area (Å²) in [5.41, 5.74) is 0.236. The zero-order chi connectivity index (χ0) is 15.3. The Morgan fingerprint density at radius 2 is 1.80 bits per heavy atom. The molecule has 8 heteroatoms. The summed E-state index contributed by atoms with van der Waals surface area (Å²) in [6.45, 7) is -0.129. The van der Waals surface area contributed by atoms with Crippen LogP contribution >= 0.6 is 0 Å². The van der Waals surface area contributed by atoms with Gasteiger partial charge in [0.15, 0.2) is 0 Å². The van der Waals surface area contributed by atoms with E-state index >= 15 is 0 Å². The highest BCUT2D eigenvalue weighted by Gasteiger charge is 2.21. The molecular weight excluding hydrogens is 286 g/mol. The number of hydrogen-bond acceptors (Lipinski definition) is 5. The van der Waals surface area contributed by atoms with E-state index in [9.17, 15) is 18.0 Å². The molecule has 0 aliphatic carbocycles. The third-order valence-electron chi connectivity index (χ3n) is 2.62. The Hall–Kier alpha value is -1.93. The molecule has 0 aromatic heterocycles. The van der Waals surface area contributed by atoms with Crippen molar-refractivity contribution in [3.05, 3.63) is 29.8 Å². The van der Waals surface area contributed by atoms with Gasteiger partial charge in [-0.25, -0.2) is 17.5 Å². The maximum absolute atomic E-state index is 12.1. The highest BCUT2D eigenvalue weighted by Crippen LogP contribution is 2.15. The van der Waals surface area contributed by atoms with E-state index in [-0.39, 0.29) is 23.4 Å². The average molecular weight is 301 g/mol. The number of carboxylic acid groups (broad SMARTS) is 1. The van der Waals surface area contributed by atoms with Crippen molar-refractivity contribution in [1.29, 1.82) is 0 Å². The lowest BCUT2D eigenvalue weighted by atomic mass is 10.2. The van der Waals surface area contributed by atoms with Crippen molar-refractivity contribution >= 4 is 22.0 Å². The summed E-state index contributed by atoms with van der Waals surface area (Å²) in [5, 5.41) is 8.55. The van der Waals surface area contributed by atoms with Gasteiger partial charge in [-0.2, -0.15) is 0 Å². The molecule has 0 amide bonds. The molecule has 0 aliphatic rings. The Bertz CT molecular complexity index is 593. The lowest BCUT2D eigenvalue weighted by Crippen LogP contribution is -2.29. The third-order valence-corrected chi connectivity index (χ3v) is 4.50. The van der Waals surface area contributed by atoms with Gasteiger partial charge in [0.1, 0.15) is 0 Å². The first kappa shape index (κ1) is 16.1. The molecule has 0 saturated heterocycles. The van der Waals surface area contributed by atoms with Crippen molar-refractivity contribution in [3.63, 3.8) is 0 Å². The fourth-order valence-corrected chi connectivity index (χ4v) is 2.61. The number of hydrogen-bond donors (Lipinski definition) is 1. The van der Waals surface area contributed by atoms with Crippen molar-refractivity contribution in [2.75, 3.05) is 20.7 Å². The number of nitrogens with zero attached hydrogens (tertiary/aromatic N) is 1. The van der Waals surface area contributed by atoms with Crippen molar-refractivity contribution < 1.29 is 27.9 Å².